The molecule has 3 heteroatoms. The Kier molecular flexibility index (Phi) is 6.28. The Morgan fingerprint density at radius 2 is 2.13 bits per heavy atom. The fraction of sp³-hybridized carbons (Fsp3) is 0.500. The molecule has 0 radical (unpaired) electrons. The van der Waals surface area contributed by atoms with Gasteiger partial charge in [0, 0.05) is 12.1 Å². The molecule has 0 fully saturated rings. The van der Waals surface area contributed by atoms with Crippen LogP contribution in [0.2, 0.25) is 0 Å². The Balaban J connectivity index is 2.12. The van der Waals surface area contributed by atoms with Gasteiger partial charge in [0.15, 0.2) is 0 Å². The first kappa shape index (κ1) is 12.4. The highest BCUT2D eigenvalue weighted by Gasteiger charge is 1.97. The van der Waals surface area contributed by atoms with Crippen molar-refractivity contribution in [3.63, 3.8) is 0 Å². The van der Waals surface area contributed by atoms with Gasteiger partial charge in [-0.2, -0.15) is 11.8 Å². The standard InChI is InChI=1S/C12H19NOS/c1-2-15-9-5-8-13-10-11-6-3-4-7-12(11)14/h3-4,6-7,13-14H,2,5,8-10H2,1H3. The van der Waals surface area contributed by atoms with Crippen molar-refractivity contribution >= 4 is 11.8 Å². The summed E-state index contributed by atoms with van der Waals surface area (Å²) in [5.74, 6) is 2.79. The molecule has 2 N–H and O–H groups in total. The quantitative estimate of drug-likeness (QED) is 0.700. The molecular weight excluding hydrogens is 206 g/mol. The molecule has 0 unspecified atom stereocenters. The lowest BCUT2D eigenvalue weighted by Gasteiger charge is -2.06. The zero-order valence-corrected chi connectivity index (χ0v) is 10.0. The Morgan fingerprint density at radius 1 is 1.33 bits per heavy atom. The molecule has 0 aliphatic rings. The van der Waals surface area contributed by atoms with Gasteiger partial charge in [-0.3, -0.25) is 0 Å². The van der Waals surface area contributed by atoms with Crippen LogP contribution in [0.4, 0.5) is 0 Å². The highest BCUT2D eigenvalue weighted by atomic mass is 32.2. The van der Waals surface area contributed by atoms with Gasteiger partial charge in [-0.25, -0.2) is 0 Å². The molecule has 0 aromatic heterocycles. The Bertz CT molecular complexity index is 278. The van der Waals surface area contributed by atoms with E-state index in [0.29, 0.717) is 5.75 Å². The molecule has 0 aliphatic carbocycles. The van der Waals surface area contributed by atoms with E-state index in [4.69, 9.17) is 0 Å². The topological polar surface area (TPSA) is 32.3 Å². The third-order valence-electron chi connectivity index (χ3n) is 2.15. The van der Waals surface area contributed by atoms with Crippen LogP contribution in [-0.4, -0.2) is 23.2 Å². The van der Waals surface area contributed by atoms with Gasteiger partial charge in [-0.1, -0.05) is 25.1 Å². The monoisotopic (exact) mass is 225 g/mol. The molecule has 0 amide bonds. The van der Waals surface area contributed by atoms with E-state index in [0.717, 1.165) is 18.7 Å². The second-order valence-electron chi connectivity index (χ2n) is 3.36. The van der Waals surface area contributed by atoms with E-state index in [9.17, 15) is 5.11 Å². The van der Waals surface area contributed by atoms with Crippen LogP contribution in [0.25, 0.3) is 0 Å². The van der Waals surface area contributed by atoms with Crippen LogP contribution < -0.4 is 5.32 Å². The summed E-state index contributed by atoms with van der Waals surface area (Å²) < 4.78 is 0. The Hall–Kier alpha value is -0.670. The molecule has 0 heterocycles. The Labute approximate surface area is 96.1 Å². The lowest BCUT2D eigenvalue weighted by molar-refractivity contribution is 0.464. The first-order chi connectivity index (χ1) is 7.34. The molecule has 84 valence electrons. The summed E-state index contributed by atoms with van der Waals surface area (Å²) in [5.41, 5.74) is 0.973. The number of thioether (sulfide) groups is 1. The largest absolute Gasteiger partial charge is 0.508 e. The van der Waals surface area contributed by atoms with Crippen molar-refractivity contribution in [3.05, 3.63) is 29.8 Å². The van der Waals surface area contributed by atoms with Gasteiger partial charge < -0.3 is 10.4 Å². The zero-order chi connectivity index (χ0) is 10.9. The van der Waals surface area contributed by atoms with E-state index in [1.165, 1.54) is 17.9 Å². The van der Waals surface area contributed by atoms with E-state index < -0.39 is 0 Å². The van der Waals surface area contributed by atoms with Crippen molar-refractivity contribution in [3.8, 4) is 5.75 Å². The molecule has 1 rings (SSSR count). The third-order valence-corrected chi connectivity index (χ3v) is 3.14. The summed E-state index contributed by atoms with van der Waals surface area (Å²) in [7, 11) is 0. The average molecular weight is 225 g/mol. The van der Waals surface area contributed by atoms with Crippen LogP contribution in [0, 0.1) is 0 Å². The van der Waals surface area contributed by atoms with Gasteiger partial charge in [0.05, 0.1) is 0 Å². The summed E-state index contributed by atoms with van der Waals surface area (Å²) in [6.07, 6.45) is 1.19. The summed E-state index contributed by atoms with van der Waals surface area (Å²) in [6.45, 7) is 3.95. The van der Waals surface area contributed by atoms with Crippen molar-refractivity contribution in [2.75, 3.05) is 18.1 Å². The van der Waals surface area contributed by atoms with Crippen molar-refractivity contribution in [1.82, 2.24) is 5.32 Å². The highest BCUT2D eigenvalue weighted by molar-refractivity contribution is 7.99. The smallest absolute Gasteiger partial charge is 0.120 e. The van der Waals surface area contributed by atoms with Crippen LogP contribution in [0.5, 0.6) is 5.75 Å². The maximum atomic E-state index is 9.51. The predicted octanol–water partition coefficient (Wildman–Crippen LogP) is 2.63. The number of phenolic OH excluding ortho intramolecular Hbond substituents is 1. The van der Waals surface area contributed by atoms with Crippen molar-refractivity contribution in [2.45, 2.75) is 19.9 Å². The Morgan fingerprint density at radius 3 is 2.87 bits per heavy atom. The molecule has 1 aromatic rings. The number of hydrogen-bond donors (Lipinski definition) is 2. The van der Waals surface area contributed by atoms with Gasteiger partial charge in [-0.15, -0.1) is 0 Å². The van der Waals surface area contributed by atoms with E-state index in [1.807, 2.05) is 30.0 Å². The lowest BCUT2D eigenvalue weighted by Crippen LogP contribution is -2.15. The molecule has 0 bridgehead atoms. The fourth-order valence-electron chi connectivity index (χ4n) is 1.33. The molecular formula is C12H19NOS. The van der Waals surface area contributed by atoms with Crippen LogP contribution >= 0.6 is 11.8 Å². The predicted molar refractivity (Wildman–Crippen MR) is 67.4 cm³/mol. The van der Waals surface area contributed by atoms with Gasteiger partial charge in [-0.05, 0) is 30.5 Å². The first-order valence-corrected chi connectivity index (χ1v) is 6.55. The molecule has 2 nitrogen and oxygen atoms in total. The molecule has 0 saturated heterocycles. The third kappa shape index (κ3) is 5.09. The molecule has 0 atom stereocenters. The number of para-hydroxylation sites is 1. The van der Waals surface area contributed by atoms with Crippen LogP contribution in [-0.2, 0) is 6.54 Å². The van der Waals surface area contributed by atoms with E-state index in [2.05, 4.69) is 12.2 Å². The summed E-state index contributed by atoms with van der Waals surface area (Å²) in [4.78, 5) is 0. The van der Waals surface area contributed by atoms with Crippen molar-refractivity contribution in [1.29, 1.82) is 0 Å². The minimum absolute atomic E-state index is 0.382. The molecule has 15 heavy (non-hydrogen) atoms. The first-order valence-electron chi connectivity index (χ1n) is 5.40. The number of aromatic hydroxyl groups is 1. The summed E-state index contributed by atoms with van der Waals surface area (Å²) >= 11 is 1.97. The van der Waals surface area contributed by atoms with Crippen molar-refractivity contribution < 1.29 is 5.11 Å². The normalized spacial score (nSPS) is 10.5. The minimum Gasteiger partial charge on any atom is -0.508 e. The summed E-state index contributed by atoms with van der Waals surface area (Å²) in [5, 5.41) is 12.8. The zero-order valence-electron chi connectivity index (χ0n) is 9.20. The van der Waals surface area contributed by atoms with E-state index in [-0.39, 0.29) is 0 Å². The number of phenols is 1. The second kappa shape index (κ2) is 7.60. The highest BCUT2D eigenvalue weighted by Crippen LogP contribution is 2.14. The van der Waals surface area contributed by atoms with Gasteiger partial charge in [0.25, 0.3) is 0 Å². The summed E-state index contributed by atoms with van der Waals surface area (Å²) in [6, 6.07) is 7.47. The minimum atomic E-state index is 0.382. The second-order valence-corrected chi connectivity index (χ2v) is 4.75. The number of rotatable bonds is 7. The SMILES string of the molecule is CCSCCCNCc1ccccc1O. The lowest BCUT2D eigenvalue weighted by atomic mass is 10.2. The maximum Gasteiger partial charge on any atom is 0.120 e. The molecule has 0 saturated carbocycles. The molecule has 0 aliphatic heterocycles. The van der Waals surface area contributed by atoms with E-state index in [1.54, 1.807) is 6.07 Å². The van der Waals surface area contributed by atoms with E-state index >= 15 is 0 Å². The van der Waals surface area contributed by atoms with Crippen molar-refractivity contribution in [2.24, 2.45) is 0 Å². The van der Waals surface area contributed by atoms with Crippen LogP contribution in [0.15, 0.2) is 24.3 Å². The van der Waals surface area contributed by atoms with Crippen LogP contribution in [0.1, 0.15) is 18.9 Å². The number of hydrogen-bond acceptors (Lipinski definition) is 3. The van der Waals surface area contributed by atoms with Gasteiger partial charge in [0.2, 0.25) is 0 Å². The van der Waals surface area contributed by atoms with Gasteiger partial charge in [0.1, 0.15) is 5.75 Å². The fourth-order valence-corrected chi connectivity index (χ4v) is 1.96. The van der Waals surface area contributed by atoms with Crippen LogP contribution in [0.3, 0.4) is 0 Å². The average Bonchev–Trinajstić information content (AvgIpc) is 2.25. The number of nitrogens with one attached hydrogen (secondary N) is 1. The molecule has 0 spiro atoms. The molecule has 1 aromatic carbocycles. The number of benzene rings is 1. The van der Waals surface area contributed by atoms with Gasteiger partial charge >= 0.3 is 0 Å². The maximum absolute atomic E-state index is 9.51.